The summed E-state index contributed by atoms with van der Waals surface area (Å²) in [6.45, 7) is 3.81. The molecule has 1 aromatic carbocycles. The fourth-order valence-electron chi connectivity index (χ4n) is 2.23. The van der Waals surface area contributed by atoms with Crippen molar-refractivity contribution < 1.29 is 5.11 Å². The van der Waals surface area contributed by atoms with Gasteiger partial charge in [0.15, 0.2) is 0 Å². The summed E-state index contributed by atoms with van der Waals surface area (Å²) in [6.07, 6.45) is 1.04. The van der Waals surface area contributed by atoms with Gasteiger partial charge in [-0.05, 0) is 31.5 Å². The minimum atomic E-state index is -0.746. The van der Waals surface area contributed by atoms with Gasteiger partial charge in [-0.1, -0.05) is 34.1 Å². The van der Waals surface area contributed by atoms with Gasteiger partial charge in [-0.15, -0.1) is 0 Å². The van der Waals surface area contributed by atoms with Crippen LogP contribution in [0, 0.1) is 5.92 Å². The second kappa shape index (κ2) is 4.24. The molecule has 2 unspecified atom stereocenters. The third kappa shape index (κ3) is 2.10. The standard InChI is InChI=1S/C12H16BrNO/c1-12(15,9-6-7-14-8-9)10-4-2-3-5-11(10)13/h2-5,9,14-15H,6-8H2,1H3. The van der Waals surface area contributed by atoms with Crippen LogP contribution in [0.25, 0.3) is 0 Å². The fraction of sp³-hybridized carbons (Fsp3) is 0.500. The molecule has 2 N–H and O–H groups in total. The first-order chi connectivity index (χ1) is 7.12. The number of aliphatic hydroxyl groups is 1. The highest BCUT2D eigenvalue weighted by atomic mass is 79.9. The lowest BCUT2D eigenvalue weighted by molar-refractivity contribution is 0.00150. The molecule has 3 heteroatoms. The predicted molar refractivity (Wildman–Crippen MR) is 64.7 cm³/mol. The van der Waals surface area contributed by atoms with Crippen LogP contribution < -0.4 is 5.32 Å². The van der Waals surface area contributed by atoms with Crippen molar-refractivity contribution in [2.75, 3.05) is 13.1 Å². The van der Waals surface area contributed by atoms with E-state index in [1.165, 1.54) is 0 Å². The molecule has 0 spiro atoms. The smallest absolute Gasteiger partial charge is 0.0920 e. The summed E-state index contributed by atoms with van der Waals surface area (Å²) in [5, 5.41) is 13.9. The number of hydrogen-bond donors (Lipinski definition) is 2. The van der Waals surface area contributed by atoms with Gasteiger partial charge >= 0.3 is 0 Å². The van der Waals surface area contributed by atoms with Crippen LogP contribution in [-0.2, 0) is 5.60 Å². The molecule has 1 fully saturated rings. The molecule has 1 saturated heterocycles. The van der Waals surface area contributed by atoms with Crippen molar-refractivity contribution in [3.8, 4) is 0 Å². The van der Waals surface area contributed by atoms with Gasteiger partial charge in [0.1, 0.15) is 0 Å². The first-order valence-electron chi connectivity index (χ1n) is 5.30. The lowest BCUT2D eigenvalue weighted by Crippen LogP contribution is -2.33. The molecule has 0 saturated carbocycles. The van der Waals surface area contributed by atoms with Crippen LogP contribution >= 0.6 is 15.9 Å². The van der Waals surface area contributed by atoms with Gasteiger partial charge < -0.3 is 10.4 Å². The van der Waals surface area contributed by atoms with E-state index >= 15 is 0 Å². The zero-order valence-electron chi connectivity index (χ0n) is 8.83. The Kier molecular flexibility index (Phi) is 3.14. The highest BCUT2D eigenvalue weighted by Gasteiger charge is 2.36. The number of nitrogens with one attached hydrogen (secondary N) is 1. The van der Waals surface area contributed by atoms with Crippen molar-refractivity contribution >= 4 is 15.9 Å². The molecule has 82 valence electrons. The van der Waals surface area contributed by atoms with Crippen molar-refractivity contribution in [3.05, 3.63) is 34.3 Å². The highest BCUT2D eigenvalue weighted by Crippen LogP contribution is 2.36. The number of benzene rings is 1. The Balaban J connectivity index is 2.31. The average Bonchev–Trinajstić information content (AvgIpc) is 2.71. The van der Waals surface area contributed by atoms with Crippen LogP contribution in [-0.4, -0.2) is 18.2 Å². The van der Waals surface area contributed by atoms with Crippen LogP contribution in [0.15, 0.2) is 28.7 Å². The maximum absolute atomic E-state index is 10.6. The summed E-state index contributed by atoms with van der Waals surface area (Å²) in [6, 6.07) is 7.90. The summed E-state index contributed by atoms with van der Waals surface area (Å²) >= 11 is 3.50. The lowest BCUT2D eigenvalue weighted by atomic mass is 9.82. The molecule has 0 aromatic heterocycles. The van der Waals surface area contributed by atoms with Gasteiger partial charge in [-0.3, -0.25) is 0 Å². The molecule has 1 aliphatic rings. The molecule has 1 aromatic rings. The molecule has 15 heavy (non-hydrogen) atoms. The minimum Gasteiger partial charge on any atom is -0.385 e. The Hall–Kier alpha value is -0.380. The Morgan fingerprint density at radius 2 is 2.20 bits per heavy atom. The van der Waals surface area contributed by atoms with Crippen LogP contribution in [0.1, 0.15) is 18.9 Å². The summed E-state index contributed by atoms with van der Waals surface area (Å²) in [4.78, 5) is 0. The number of hydrogen-bond acceptors (Lipinski definition) is 2. The third-order valence-electron chi connectivity index (χ3n) is 3.27. The Morgan fingerprint density at radius 1 is 1.47 bits per heavy atom. The second-order valence-electron chi connectivity index (χ2n) is 4.32. The molecule has 0 bridgehead atoms. The molecule has 0 amide bonds. The third-order valence-corrected chi connectivity index (χ3v) is 3.97. The summed E-state index contributed by atoms with van der Waals surface area (Å²) in [5.74, 6) is 0.302. The molecule has 1 heterocycles. The minimum absolute atomic E-state index is 0.302. The Labute approximate surface area is 98.8 Å². The van der Waals surface area contributed by atoms with Crippen LogP contribution in [0.4, 0.5) is 0 Å². The highest BCUT2D eigenvalue weighted by molar-refractivity contribution is 9.10. The van der Waals surface area contributed by atoms with E-state index in [-0.39, 0.29) is 0 Å². The Morgan fingerprint density at radius 3 is 2.80 bits per heavy atom. The van der Waals surface area contributed by atoms with Crippen molar-refractivity contribution in [1.29, 1.82) is 0 Å². The first kappa shape index (κ1) is 11.1. The topological polar surface area (TPSA) is 32.3 Å². The molecule has 1 aliphatic heterocycles. The van der Waals surface area contributed by atoms with Gasteiger partial charge in [0.2, 0.25) is 0 Å². The van der Waals surface area contributed by atoms with Gasteiger partial charge in [-0.25, -0.2) is 0 Å². The molecule has 2 rings (SSSR count). The number of halogens is 1. The molecule has 0 radical (unpaired) electrons. The SMILES string of the molecule is CC(O)(c1ccccc1Br)C1CCNC1. The van der Waals surface area contributed by atoms with Crippen molar-refractivity contribution in [1.82, 2.24) is 5.32 Å². The fourth-order valence-corrected chi connectivity index (χ4v) is 2.91. The second-order valence-corrected chi connectivity index (χ2v) is 5.17. The first-order valence-corrected chi connectivity index (χ1v) is 6.10. The van der Waals surface area contributed by atoms with E-state index in [1.807, 2.05) is 31.2 Å². The normalized spacial score (nSPS) is 25.1. The van der Waals surface area contributed by atoms with E-state index in [9.17, 15) is 5.11 Å². The van der Waals surface area contributed by atoms with E-state index < -0.39 is 5.60 Å². The van der Waals surface area contributed by atoms with Crippen LogP contribution in [0.5, 0.6) is 0 Å². The molecule has 2 atom stereocenters. The summed E-state index contributed by atoms with van der Waals surface area (Å²) < 4.78 is 0.988. The molecule has 0 aliphatic carbocycles. The van der Waals surface area contributed by atoms with Gasteiger partial charge in [-0.2, -0.15) is 0 Å². The van der Waals surface area contributed by atoms with E-state index in [2.05, 4.69) is 21.2 Å². The number of rotatable bonds is 2. The molecule has 2 nitrogen and oxygen atoms in total. The quantitative estimate of drug-likeness (QED) is 0.864. The van der Waals surface area contributed by atoms with Gasteiger partial charge in [0, 0.05) is 16.9 Å². The van der Waals surface area contributed by atoms with Gasteiger partial charge in [0.05, 0.1) is 5.60 Å². The van der Waals surface area contributed by atoms with Crippen molar-refractivity contribution in [2.24, 2.45) is 5.92 Å². The van der Waals surface area contributed by atoms with E-state index in [0.717, 1.165) is 29.5 Å². The zero-order chi connectivity index (χ0) is 10.9. The average molecular weight is 270 g/mol. The Bertz CT molecular complexity index is 345. The van der Waals surface area contributed by atoms with E-state index in [0.29, 0.717) is 5.92 Å². The monoisotopic (exact) mass is 269 g/mol. The molecular formula is C12H16BrNO. The van der Waals surface area contributed by atoms with E-state index in [1.54, 1.807) is 0 Å². The van der Waals surface area contributed by atoms with Crippen molar-refractivity contribution in [3.63, 3.8) is 0 Å². The summed E-state index contributed by atoms with van der Waals surface area (Å²) in [7, 11) is 0. The van der Waals surface area contributed by atoms with Crippen molar-refractivity contribution in [2.45, 2.75) is 18.9 Å². The van der Waals surface area contributed by atoms with Crippen LogP contribution in [0.2, 0.25) is 0 Å². The predicted octanol–water partition coefficient (Wildman–Crippen LogP) is 2.27. The lowest BCUT2D eigenvalue weighted by Gasteiger charge is -2.31. The van der Waals surface area contributed by atoms with E-state index in [4.69, 9.17) is 0 Å². The maximum Gasteiger partial charge on any atom is 0.0920 e. The zero-order valence-corrected chi connectivity index (χ0v) is 10.4. The maximum atomic E-state index is 10.6. The largest absolute Gasteiger partial charge is 0.385 e. The van der Waals surface area contributed by atoms with Gasteiger partial charge in [0.25, 0.3) is 0 Å². The van der Waals surface area contributed by atoms with Crippen LogP contribution in [0.3, 0.4) is 0 Å². The molecular weight excluding hydrogens is 254 g/mol. The summed E-state index contributed by atoms with van der Waals surface area (Å²) in [5.41, 5.74) is 0.238.